The molecule has 8 nitrogen and oxygen atoms in total. The van der Waals surface area contributed by atoms with Crippen molar-refractivity contribution in [2.24, 2.45) is 0 Å². The summed E-state index contributed by atoms with van der Waals surface area (Å²) in [6.07, 6.45) is 11.2. The minimum Gasteiger partial charge on any atom is -0.360 e. The number of fused-ring (bicyclic) bond motifs is 2. The molecule has 0 saturated heterocycles. The number of nitrogens with one attached hydrogen (secondary N) is 2. The molecule has 0 saturated carbocycles. The Morgan fingerprint density at radius 1 is 1.15 bits per heavy atom. The molecule has 33 heavy (non-hydrogen) atoms. The standard InChI is InChI=1S/C23H18Cl2N6O2/c1-12(29-21-18-19(32)15(25)10-26-20(18)27-11-28-21)22-30-16-9-5-8-14(24)17(16)23(33)31(22)13-6-3-2-4-7-13/h2-6,8-13H,7H2,1H3,(H2,26,27,28,29,32)/t12-,13?/m0/s1. The number of aromatic nitrogens is 5. The van der Waals surface area contributed by atoms with E-state index in [1.807, 2.05) is 31.2 Å². The Labute approximate surface area is 197 Å². The smallest absolute Gasteiger partial charge is 0.263 e. The predicted octanol–water partition coefficient (Wildman–Crippen LogP) is 4.57. The van der Waals surface area contributed by atoms with Gasteiger partial charge < -0.3 is 10.3 Å². The van der Waals surface area contributed by atoms with Crippen molar-refractivity contribution in [1.29, 1.82) is 0 Å². The van der Waals surface area contributed by atoms with Crippen LogP contribution in [-0.4, -0.2) is 24.5 Å². The molecule has 5 rings (SSSR count). The van der Waals surface area contributed by atoms with Crippen LogP contribution in [0.4, 0.5) is 5.82 Å². The zero-order valence-electron chi connectivity index (χ0n) is 17.4. The van der Waals surface area contributed by atoms with Gasteiger partial charge in [-0.15, -0.1) is 0 Å². The maximum Gasteiger partial charge on any atom is 0.263 e. The third-order valence-electron chi connectivity index (χ3n) is 5.56. The van der Waals surface area contributed by atoms with Gasteiger partial charge >= 0.3 is 0 Å². The van der Waals surface area contributed by atoms with Crippen LogP contribution in [0.5, 0.6) is 0 Å². The topological polar surface area (TPSA) is 106 Å². The van der Waals surface area contributed by atoms with E-state index in [1.54, 1.807) is 22.8 Å². The van der Waals surface area contributed by atoms with E-state index in [-0.39, 0.29) is 22.0 Å². The monoisotopic (exact) mass is 480 g/mol. The summed E-state index contributed by atoms with van der Waals surface area (Å²) in [6.45, 7) is 1.85. The van der Waals surface area contributed by atoms with E-state index in [4.69, 9.17) is 28.2 Å². The zero-order chi connectivity index (χ0) is 23.1. The molecule has 0 spiro atoms. The number of anilines is 1. The van der Waals surface area contributed by atoms with Crippen LogP contribution in [0.15, 0.2) is 64.6 Å². The second-order valence-electron chi connectivity index (χ2n) is 7.67. The first-order valence-electron chi connectivity index (χ1n) is 10.3. The van der Waals surface area contributed by atoms with Crippen LogP contribution in [0.25, 0.3) is 21.9 Å². The van der Waals surface area contributed by atoms with Crippen LogP contribution in [0.2, 0.25) is 10.0 Å². The highest BCUT2D eigenvalue weighted by atomic mass is 35.5. The van der Waals surface area contributed by atoms with Crippen molar-refractivity contribution in [2.45, 2.75) is 25.4 Å². The molecular formula is C23H18Cl2N6O2. The highest BCUT2D eigenvalue weighted by Crippen LogP contribution is 2.28. The summed E-state index contributed by atoms with van der Waals surface area (Å²) >= 11 is 12.4. The summed E-state index contributed by atoms with van der Waals surface area (Å²) in [5.74, 6) is 0.784. The second-order valence-corrected chi connectivity index (χ2v) is 8.49. The van der Waals surface area contributed by atoms with Gasteiger partial charge in [-0.1, -0.05) is 53.6 Å². The van der Waals surface area contributed by atoms with Gasteiger partial charge in [-0.2, -0.15) is 0 Å². The maximum atomic E-state index is 13.6. The van der Waals surface area contributed by atoms with E-state index in [0.717, 1.165) is 0 Å². The lowest BCUT2D eigenvalue weighted by Gasteiger charge is -2.25. The molecule has 1 aromatic carbocycles. The number of halogens is 2. The normalized spacial score (nSPS) is 16.4. The summed E-state index contributed by atoms with van der Waals surface area (Å²) in [5.41, 5.74) is 0.227. The van der Waals surface area contributed by atoms with Gasteiger partial charge in [-0.3, -0.25) is 14.2 Å². The molecule has 4 aromatic rings. The van der Waals surface area contributed by atoms with Crippen molar-refractivity contribution >= 4 is 51.0 Å². The van der Waals surface area contributed by atoms with Crippen LogP contribution in [0, 0.1) is 0 Å². The number of hydrogen-bond acceptors (Lipinski definition) is 6. The van der Waals surface area contributed by atoms with Gasteiger partial charge in [-0.05, 0) is 25.5 Å². The van der Waals surface area contributed by atoms with Gasteiger partial charge in [0.1, 0.15) is 34.0 Å². The second kappa shape index (κ2) is 8.46. The summed E-state index contributed by atoms with van der Waals surface area (Å²) in [6, 6.07) is 4.47. The molecule has 2 atom stereocenters. The van der Waals surface area contributed by atoms with Crippen molar-refractivity contribution in [3.05, 3.63) is 91.5 Å². The molecule has 3 heterocycles. The molecule has 0 fully saturated rings. The number of nitrogens with zero attached hydrogens (tertiary/aromatic N) is 4. The Bertz CT molecular complexity index is 1570. The number of pyridine rings is 1. The Kier molecular flexibility index (Phi) is 5.47. The Balaban J connectivity index is 1.69. The molecule has 10 heteroatoms. The lowest BCUT2D eigenvalue weighted by molar-refractivity contribution is 0.532. The molecule has 3 aromatic heterocycles. The fourth-order valence-corrected chi connectivity index (χ4v) is 4.41. The quantitative estimate of drug-likeness (QED) is 0.443. The molecule has 0 aliphatic heterocycles. The molecular weight excluding hydrogens is 463 g/mol. The van der Waals surface area contributed by atoms with Crippen LogP contribution in [0.1, 0.15) is 31.3 Å². The van der Waals surface area contributed by atoms with Crippen LogP contribution < -0.4 is 16.3 Å². The summed E-state index contributed by atoms with van der Waals surface area (Å²) < 4.78 is 1.65. The van der Waals surface area contributed by atoms with Gasteiger partial charge in [0.15, 0.2) is 0 Å². The molecule has 166 valence electrons. The zero-order valence-corrected chi connectivity index (χ0v) is 18.9. The Morgan fingerprint density at radius 3 is 2.79 bits per heavy atom. The first-order valence-corrected chi connectivity index (χ1v) is 11.0. The third kappa shape index (κ3) is 3.71. The number of benzene rings is 1. The van der Waals surface area contributed by atoms with Gasteiger partial charge in [0.2, 0.25) is 5.43 Å². The average Bonchev–Trinajstić information content (AvgIpc) is 2.82. The van der Waals surface area contributed by atoms with Gasteiger partial charge in [0, 0.05) is 6.20 Å². The summed E-state index contributed by atoms with van der Waals surface area (Å²) in [7, 11) is 0. The SMILES string of the molecule is C[C@H](Nc1ncnc2[nH]cc(Cl)c(=O)c12)c1nc2cccc(Cl)c2c(=O)n1C1C=CC=CC1. The van der Waals surface area contributed by atoms with Crippen LogP contribution in [-0.2, 0) is 0 Å². The number of aromatic amines is 1. The van der Waals surface area contributed by atoms with E-state index in [9.17, 15) is 9.59 Å². The largest absolute Gasteiger partial charge is 0.360 e. The third-order valence-corrected chi connectivity index (χ3v) is 6.16. The van der Waals surface area contributed by atoms with Crippen molar-refractivity contribution in [2.75, 3.05) is 5.32 Å². The highest BCUT2D eigenvalue weighted by Gasteiger charge is 2.23. The first kappa shape index (κ1) is 21.4. The van der Waals surface area contributed by atoms with Crippen LogP contribution in [0.3, 0.4) is 0 Å². The van der Waals surface area contributed by atoms with E-state index in [2.05, 4.69) is 20.3 Å². The molecule has 0 amide bonds. The number of hydrogen-bond donors (Lipinski definition) is 2. The molecule has 0 radical (unpaired) electrons. The number of allylic oxidation sites excluding steroid dienone is 4. The molecule has 2 N–H and O–H groups in total. The number of H-pyrrole nitrogens is 1. The molecule has 0 bridgehead atoms. The molecule has 1 aliphatic rings. The Hall–Kier alpha value is -3.49. The highest BCUT2D eigenvalue weighted by molar-refractivity contribution is 6.35. The van der Waals surface area contributed by atoms with E-state index in [0.29, 0.717) is 39.6 Å². The summed E-state index contributed by atoms with van der Waals surface area (Å²) in [4.78, 5) is 42.3. The van der Waals surface area contributed by atoms with Crippen molar-refractivity contribution in [3.63, 3.8) is 0 Å². The predicted molar refractivity (Wildman–Crippen MR) is 130 cm³/mol. The van der Waals surface area contributed by atoms with E-state index < -0.39 is 11.5 Å². The van der Waals surface area contributed by atoms with Crippen molar-refractivity contribution in [3.8, 4) is 0 Å². The lowest BCUT2D eigenvalue weighted by Crippen LogP contribution is -2.31. The van der Waals surface area contributed by atoms with Gasteiger partial charge in [0.05, 0.1) is 28.0 Å². The van der Waals surface area contributed by atoms with E-state index >= 15 is 0 Å². The van der Waals surface area contributed by atoms with Crippen molar-refractivity contribution in [1.82, 2.24) is 24.5 Å². The summed E-state index contributed by atoms with van der Waals surface area (Å²) in [5, 5.41) is 4.21. The lowest BCUT2D eigenvalue weighted by atomic mass is 10.1. The van der Waals surface area contributed by atoms with Crippen molar-refractivity contribution < 1.29 is 0 Å². The average molecular weight is 481 g/mol. The minimum atomic E-state index is -0.489. The maximum absolute atomic E-state index is 13.6. The minimum absolute atomic E-state index is 0.0301. The Morgan fingerprint density at radius 2 is 2.00 bits per heavy atom. The fraction of sp³-hybridized carbons (Fsp3) is 0.174. The number of rotatable bonds is 4. The molecule has 1 unspecified atom stereocenters. The van der Waals surface area contributed by atoms with E-state index in [1.165, 1.54) is 12.5 Å². The van der Waals surface area contributed by atoms with Gasteiger partial charge in [-0.25, -0.2) is 15.0 Å². The first-order chi connectivity index (χ1) is 16.0. The van der Waals surface area contributed by atoms with Gasteiger partial charge in [0.25, 0.3) is 5.56 Å². The fourth-order valence-electron chi connectivity index (χ4n) is 4.01. The van der Waals surface area contributed by atoms with Crippen LogP contribution >= 0.6 is 23.2 Å². The molecule has 1 aliphatic carbocycles.